The van der Waals surface area contributed by atoms with Crippen molar-refractivity contribution in [3.05, 3.63) is 76.5 Å². The summed E-state index contributed by atoms with van der Waals surface area (Å²) in [4.78, 5) is 17.1. The molecule has 0 aliphatic carbocycles. The van der Waals surface area contributed by atoms with Crippen LogP contribution in [0.2, 0.25) is 0 Å². The van der Waals surface area contributed by atoms with Gasteiger partial charge in [0.2, 0.25) is 0 Å². The zero-order valence-corrected chi connectivity index (χ0v) is 20.2. The highest BCUT2D eigenvalue weighted by Crippen LogP contribution is 2.27. The highest BCUT2D eigenvalue weighted by atomic mass is 32.2. The van der Waals surface area contributed by atoms with Gasteiger partial charge in [0.1, 0.15) is 23.1 Å². The summed E-state index contributed by atoms with van der Waals surface area (Å²) in [6.07, 6.45) is 0. The Morgan fingerprint density at radius 3 is 2.53 bits per heavy atom. The minimum absolute atomic E-state index is 0.0706. The van der Waals surface area contributed by atoms with Crippen LogP contribution in [0.4, 0.5) is 0 Å². The summed E-state index contributed by atoms with van der Waals surface area (Å²) in [7, 11) is 1.61. The fraction of sp³-hybridized carbons (Fsp3) is 0.208. The second-order valence-electron chi connectivity index (χ2n) is 7.18. The van der Waals surface area contributed by atoms with Gasteiger partial charge in [0.25, 0.3) is 0 Å². The van der Waals surface area contributed by atoms with E-state index in [1.165, 1.54) is 23.1 Å². The van der Waals surface area contributed by atoms with Crippen molar-refractivity contribution in [2.24, 2.45) is 0 Å². The number of ketones is 1. The summed E-state index contributed by atoms with van der Waals surface area (Å²) in [6.45, 7) is 2.02. The van der Waals surface area contributed by atoms with Gasteiger partial charge in [-0.25, -0.2) is 4.98 Å². The average Bonchev–Trinajstić information content (AvgIpc) is 3.48. The third-order valence-corrected chi connectivity index (χ3v) is 6.80. The number of benzene rings is 2. The number of nitrogens with zero attached hydrogens (tertiary/aromatic N) is 5. The molecule has 8 nitrogen and oxygen atoms in total. The van der Waals surface area contributed by atoms with E-state index in [-0.39, 0.29) is 18.1 Å². The summed E-state index contributed by atoms with van der Waals surface area (Å²) in [5, 5.41) is 21.0. The SMILES string of the molecule is COc1ccc(OCc2nnc(SCC(=O)[C@H](C#N)c3nc(C)cs3)n2-c2ccccc2)cc1. The van der Waals surface area contributed by atoms with E-state index in [0.717, 1.165) is 17.1 Å². The Morgan fingerprint density at radius 2 is 1.88 bits per heavy atom. The minimum atomic E-state index is -0.892. The highest BCUT2D eigenvalue weighted by molar-refractivity contribution is 7.99. The Morgan fingerprint density at radius 1 is 1.15 bits per heavy atom. The molecule has 2 aromatic heterocycles. The first-order valence-electron chi connectivity index (χ1n) is 10.3. The van der Waals surface area contributed by atoms with Crippen LogP contribution >= 0.6 is 23.1 Å². The van der Waals surface area contributed by atoms with Gasteiger partial charge in [0.05, 0.1) is 18.9 Å². The molecule has 172 valence electrons. The molecule has 0 aliphatic rings. The van der Waals surface area contributed by atoms with E-state index in [4.69, 9.17) is 9.47 Å². The van der Waals surface area contributed by atoms with Crippen molar-refractivity contribution in [1.29, 1.82) is 5.26 Å². The normalized spacial score (nSPS) is 11.6. The van der Waals surface area contributed by atoms with Gasteiger partial charge < -0.3 is 9.47 Å². The van der Waals surface area contributed by atoms with E-state index < -0.39 is 5.92 Å². The molecule has 34 heavy (non-hydrogen) atoms. The molecule has 10 heteroatoms. The van der Waals surface area contributed by atoms with Crippen molar-refractivity contribution in [2.75, 3.05) is 12.9 Å². The van der Waals surface area contributed by atoms with Crippen LogP contribution in [-0.4, -0.2) is 38.4 Å². The fourth-order valence-corrected chi connectivity index (χ4v) is 4.87. The Balaban J connectivity index is 1.52. The van der Waals surface area contributed by atoms with E-state index in [1.54, 1.807) is 7.11 Å². The van der Waals surface area contributed by atoms with Crippen LogP contribution in [-0.2, 0) is 11.4 Å². The van der Waals surface area contributed by atoms with Crippen LogP contribution in [0.1, 0.15) is 22.4 Å². The lowest BCUT2D eigenvalue weighted by Gasteiger charge is -2.11. The van der Waals surface area contributed by atoms with Gasteiger partial charge in [0.15, 0.2) is 22.7 Å². The number of nitriles is 1. The molecular formula is C24H21N5O3S2. The first kappa shape index (κ1) is 23.5. The van der Waals surface area contributed by atoms with Crippen LogP contribution in [0, 0.1) is 18.3 Å². The molecule has 0 bridgehead atoms. The summed E-state index contributed by atoms with van der Waals surface area (Å²) in [5.74, 6) is 0.957. The number of thiazole rings is 1. The quantitative estimate of drug-likeness (QED) is 0.297. The molecule has 0 radical (unpaired) electrons. The molecule has 0 saturated heterocycles. The lowest BCUT2D eigenvalue weighted by molar-refractivity contribution is -0.116. The molecular weight excluding hydrogens is 470 g/mol. The Bertz CT molecular complexity index is 1300. The Labute approximate surface area is 205 Å². The molecule has 0 spiro atoms. The van der Waals surface area contributed by atoms with Gasteiger partial charge in [-0.15, -0.1) is 21.5 Å². The maximum atomic E-state index is 12.8. The predicted molar refractivity (Wildman–Crippen MR) is 130 cm³/mol. The van der Waals surface area contributed by atoms with Gasteiger partial charge in [-0.2, -0.15) is 5.26 Å². The first-order chi connectivity index (χ1) is 16.6. The number of hydrogen-bond donors (Lipinski definition) is 0. The van der Waals surface area contributed by atoms with Crippen LogP contribution < -0.4 is 9.47 Å². The van der Waals surface area contributed by atoms with Gasteiger partial charge in [-0.05, 0) is 43.3 Å². The largest absolute Gasteiger partial charge is 0.497 e. The summed E-state index contributed by atoms with van der Waals surface area (Å²) in [5.41, 5.74) is 1.65. The number of carbonyl (C=O) groups excluding carboxylic acids is 1. The Hall–Kier alpha value is -3.68. The zero-order valence-electron chi connectivity index (χ0n) is 18.5. The number of hydrogen-bond acceptors (Lipinski definition) is 9. The van der Waals surface area contributed by atoms with E-state index >= 15 is 0 Å². The molecule has 0 fully saturated rings. The van der Waals surface area contributed by atoms with Gasteiger partial charge in [-0.1, -0.05) is 30.0 Å². The standard InChI is InChI=1S/C24H21N5O3S2/c1-16-14-33-23(26-16)20(12-25)21(30)15-34-24-28-27-22(29(24)17-6-4-3-5-7-17)13-32-19-10-8-18(31-2)9-11-19/h3-11,14,20H,13,15H2,1-2H3/t20-/m0/s1. The van der Waals surface area contributed by atoms with E-state index in [2.05, 4.69) is 21.3 Å². The zero-order chi connectivity index (χ0) is 23.9. The Kier molecular flexibility index (Phi) is 7.57. The van der Waals surface area contributed by atoms with E-state index in [0.29, 0.717) is 21.7 Å². The van der Waals surface area contributed by atoms with E-state index in [1.807, 2.05) is 71.5 Å². The first-order valence-corrected chi connectivity index (χ1v) is 12.2. The lowest BCUT2D eigenvalue weighted by Crippen LogP contribution is -2.14. The summed E-state index contributed by atoms with van der Waals surface area (Å²) >= 11 is 2.56. The minimum Gasteiger partial charge on any atom is -0.497 e. The maximum absolute atomic E-state index is 12.8. The van der Waals surface area contributed by atoms with Gasteiger partial charge in [0, 0.05) is 16.8 Å². The number of carbonyl (C=O) groups is 1. The molecule has 0 unspecified atom stereocenters. The van der Waals surface area contributed by atoms with E-state index in [9.17, 15) is 10.1 Å². The van der Waals surface area contributed by atoms with Crippen molar-refractivity contribution < 1.29 is 14.3 Å². The predicted octanol–water partition coefficient (Wildman–Crippen LogP) is 4.59. The molecule has 0 amide bonds. The second kappa shape index (κ2) is 11.0. The van der Waals surface area contributed by atoms with Crippen molar-refractivity contribution in [2.45, 2.75) is 24.6 Å². The number of aryl methyl sites for hydroxylation is 1. The molecule has 4 rings (SSSR count). The summed E-state index contributed by atoms with van der Waals surface area (Å²) < 4.78 is 12.9. The lowest BCUT2D eigenvalue weighted by atomic mass is 10.1. The highest BCUT2D eigenvalue weighted by Gasteiger charge is 2.25. The number of aromatic nitrogens is 4. The number of methoxy groups -OCH3 is 1. The van der Waals surface area contributed by atoms with Crippen LogP contribution in [0.15, 0.2) is 65.1 Å². The number of rotatable bonds is 10. The summed E-state index contributed by atoms with van der Waals surface area (Å²) in [6, 6.07) is 19.0. The van der Waals surface area contributed by atoms with Crippen molar-refractivity contribution in [1.82, 2.24) is 19.7 Å². The smallest absolute Gasteiger partial charge is 0.196 e. The van der Waals surface area contributed by atoms with Crippen LogP contribution in [0.3, 0.4) is 0 Å². The molecule has 2 aromatic carbocycles. The molecule has 2 heterocycles. The molecule has 1 atom stereocenters. The third-order valence-electron chi connectivity index (χ3n) is 4.82. The van der Waals surface area contributed by atoms with Crippen molar-refractivity contribution >= 4 is 28.9 Å². The number of para-hydroxylation sites is 1. The van der Waals surface area contributed by atoms with Crippen LogP contribution in [0.5, 0.6) is 11.5 Å². The molecule has 0 N–H and O–H groups in total. The number of Topliss-reactive ketones (excluding diaryl/α,β-unsaturated/α-hetero) is 1. The average molecular weight is 492 g/mol. The molecule has 4 aromatic rings. The van der Waals surface area contributed by atoms with Gasteiger partial charge >= 0.3 is 0 Å². The number of ether oxygens (including phenoxy) is 2. The van der Waals surface area contributed by atoms with Crippen LogP contribution in [0.25, 0.3) is 5.69 Å². The monoisotopic (exact) mass is 491 g/mol. The third kappa shape index (κ3) is 5.44. The molecule has 0 saturated carbocycles. The second-order valence-corrected chi connectivity index (χ2v) is 9.01. The molecule has 0 aliphatic heterocycles. The van der Waals surface area contributed by atoms with Gasteiger partial charge in [-0.3, -0.25) is 9.36 Å². The fourth-order valence-electron chi connectivity index (χ4n) is 3.13. The van der Waals surface area contributed by atoms with Crippen molar-refractivity contribution in [3.8, 4) is 23.3 Å². The number of thioether (sulfide) groups is 1. The van der Waals surface area contributed by atoms with Crippen molar-refractivity contribution in [3.63, 3.8) is 0 Å². The topological polar surface area (TPSA) is 103 Å². The maximum Gasteiger partial charge on any atom is 0.196 e.